The number of aromatic amines is 1. The smallest absolute Gasteiger partial charge is 0.261 e. The van der Waals surface area contributed by atoms with Crippen LogP contribution in [0.5, 0.6) is 0 Å². The molecule has 0 saturated heterocycles. The van der Waals surface area contributed by atoms with Crippen molar-refractivity contribution in [3.63, 3.8) is 0 Å². The average Bonchev–Trinajstić information content (AvgIpc) is 3.04. The second-order valence-corrected chi connectivity index (χ2v) is 6.03. The van der Waals surface area contributed by atoms with Crippen LogP contribution in [0.2, 0.25) is 0 Å². The summed E-state index contributed by atoms with van der Waals surface area (Å²) in [5.74, 6) is 0.712. The van der Waals surface area contributed by atoms with E-state index in [0.29, 0.717) is 0 Å². The highest BCUT2D eigenvalue weighted by molar-refractivity contribution is 7.13. The molecule has 1 unspecified atom stereocenters. The Balaban J connectivity index is 1.78. The van der Waals surface area contributed by atoms with Gasteiger partial charge in [-0.05, 0) is 38.1 Å². The van der Waals surface area contributed by atoms with Crippen LogP contribution >= 0.6 is 11.3 Å². The maximum atomic E-state index is 12.1. The number of aromatic nitrogens is 2. The van der Waals surface area contributed by atoms with Crippen LogP contribution in [-0.2, 0) is 0 Å². The quantitative estimate of drug-likeness (QED) is 0.774. The first-order valence-corrected chi connectivity index (χ1v) is 7.27. The minimum Gasteiger partial charge on any atom is -0.342 e. The van der Waals surface area contributed by atoms with Crippen molar-refractivity contribution >= 4 is 28.3 Å². The third-order valence-corrected chi connectivity index (χ3v) is 4.13. The Morgan fingerprint density at radius 3 is 2.80 bits per heavy atom. The Morgan fingerprint density at radius 2 is 2.10 bits per heavy atom. The first-order chi connectivity index (χ1) is 9.63. The molecule has 0 bridgehead atoms. The fourth-order valence-electron chi connectivity index (χ4n) is 2.07. The molecular weight excluding hydrogens is 270 g/mol. The zero-order chi connectivity index (χ0) is 14.1. The maximum absolute atomic E-state index is 12.1. The van der Waals surface area contributed by atoms with Crippen LogP contribution in [0.4, 0.5) is 0 Å². The van der Waals surface area contributed by atoms with Crippen molar-refractivity contribution in [1.29, 1.82) is 0 Å². The average molecular weight is 285 g/mol. The number of H-pyrrole nitrogens is 1. The number of rotatable bonds is 3. The summed E-state index contributed by atoms with van der Waals surface area (Å²) in [6.45, 7) is 3.92. The van der Waals surface area contributed by atoms with E-state index >= 15 is 0 Å². The van der Waals surface area contributed by atoms with Crippen LogP contribution in [-0.4, -0.2) is 15.9 Å². The number of amides is 1. The summed E-state index contributed by atoms with van der Waals surface area (Å²) in [7, 11) is 0. The molecule has 3 aromatic rings. The van der Waals surface area contributed by atoms with Gasteiger partial charge in [-0.15, -0.1) is 11.3 Å². The monoisotopic (exact) mass is 285 g/mol. The Bertz CT molecular complexity index is 726. The van der Waals surface area contributed by atoms with Crippen molar-refractivity contribution in [1.82, 2.24) is 15.3 Å². The van der Waals surface area contributed by atoms with E-state index in [4.69, 9.17) is 0 Å². The fraction of sp³-hybridized carbons (Fsp3) is 0.200. The molecule has 3 rings (SSSR count). The predicted molar refractivity (Wildman–Crippen MR) is 81.0 cm³/mol. The number of fused-ring (bicyclic) bond motifs is 1. The van der Waals surface area contributed by atoms with E-state index in [-0.39, 0.29) is 11.9 Å². The van der Waals surface area contributed by atoms with Gasteiger partial charge in [-0.3, -0.25) is 4.79 Å². The molecular formula is C15H15N3OS. The number of nitrogens with zero attached hydrogens (tertiary/aromatic N) is 1. The second-order valence-electron chi connectivity index (χ2n) is 4.74. The van der Waals surface area contributed by atoms with Gasteiger partial charge in [0.15, 0.2) is 0 Å². The van der Waals surface area contributed by atoms with E-state index in [0.717, 1.165) is 26.6 Å². The molecule has 0 radical (unpaired) electrons. The summed E-state index contributed by atoms with van der Waals surface area (Å²) in [6.07, 6.45) is 0. The molecule has 2 N–H and O–H groups in total. The number of hydrogen-bond acceptors (Lipinski definition) is 3. The number of imidazole rings is 1. The van der Waals surface area contributed by atoms with Gasteiger partial charge in [0.1, 0.15) is 5.82 Å². The normalized spacial score (nSPS) is 12.5. The zero-order valence-corrected chi connectivity index (χ0v) is 12.1. The van der Waals surface area contributed by atoms with Crippen molar-refractivity contribution in [2.75, 3.05) is 0 Å². The lowest BCUT2D eigenvalue weighted by Crippen LogP contribution is -2.26. The number of nitrogens with one attached hydrogen (secondary N) is 2. The van der Waals surface area contributed by atoms with Crippen molar-refractivity contribution < 1.29 is 4.79 Å². The van der Waals surface area contributed by atoms with Gasteiger partial charge in [-0.1, -0.05) is 12.1 Å². The molecule has 0 spiro atoms. The summed E-state index contributed by atoms with van der Waals surface area (Å²) in [4.78, 5) is 21.7. The number of thiophene rings is 1. The Kier molecular flexibility index (Phi) is 3.28. The highest BCUT2D eigenvalue weighted by atomic mass is 32.1. The van der Waals surface area contributed by atoms with Crippen LogP contribution in [0.3, 0.4) is 0 Å². The van der Waals surface area contributed by atoms with E-state index in [1.54, 1.807) is 0 Å². The lowest BCUT2D eigenvalue weighted by Gasteiger charge is -2.10. The first-order valence-electron chi connectivity index (χ1n) is 6.45. The molecule has 4 nitrogen and oxygen atoms in total. The van der Waals surface area contributed by atoms with Gasteiger partial charge in [-0.2, -0.15) is 0 Å². The summed E-state index contributed by atoms with van der Waals surface area (Å²) in [5.41, 5.74) is 1.89. The van der Waals surface area contributed by atoms with E-state index in [1.807, 2.05) is 50.2 Å². The van der Waals surface area contributed by atoms with Crippen LogP contribution in [0.25, 0.3) is 11.0 Å². The molecule has 0 aliphatic heterocycles. The van der Waals surface area contributed by atoms with Gasteiger partial charge >= 0.3 is 0 Å². The first kappa shape index (κ1) is 12.9. The van der Waals surface area contributed by atoms with Gasteiger partial charge in [0, 0.05) is 4.88 Å². The zero-order valence-electron chi connectivity index (χ0n) is 11.3. The maximum Gasteiger partial charge on any atom is 0.261 e. The highest BCUT2D eigenvalue weighted by Crippen LogP contribution is 2.18. The Labute approximate surface area is 120 Å². The minimum absolute atomic E-state index is 0.0592. The second kappa shape index (κ2) is 5.09. The molecule has 0 fully saturated rings. The lowest BCUT2D eigenvalue weighted by molar-refractivity contribution is 0.0942. The van der Waals surface area contributed by atoms with E-state index < -0.39 is 0 Å². The molecule has 1 atom stereocenters. The summed E-state index contributed by atoms with van der Waals surface area (Å²) in [5, 5.41) is 2.96. The summed E-state index contributed by atoms with van der Waals surface area (Å²) >= 11 is 1.50. The molecule has 102 valence electrons. The Morgan fingerprint density at radius 1 is 1.30 bits per heavy atom. The topological polar surface area (TPSA) is 57.8 Å². The van der Waals surface area contributed by atoms with Crippen LogP contribution in [0.15, 0.2) is 36.4 Å². The van der Waals surface area contributed by atoms with Crippen LogP contribution < -0.4 is 5.32 Å². The molecule has 0 saturated carbocycles. The third kappa shape index (κ3) is 2.44. The predicted octanol–water partition coefficient (Wildman–Crippen LogP) is 3.42. The van der Waals surface area contributed by atoms with Crippen LogP contribution in [0, 0.1) is 6.92 Å². The van der Waals surface area contributed by atoms with Gasteiger partial charge in [-0.25, -0.2) is 4.98 Å². The molecule has 20 heavy (non-hydrogen) atoms. The van der Waals surface area contributed by atoms with Gasteiger partial charge in [0.2, 0.25) is 0 Å². The SMILES string of the molecule is Cc1ccc(C(=O)NC(C)c2nc3ccccc3[nH]2)s1. The fourth-order valence-corrected chi connectivity index (χ4v) is 2.84. The molecule has 1 amide bonds. The van der Waals surface area contributed by atoms with Crippen molar-refractivity contribution in [2.45, 2.75) is 19.9 Å². The molecule has 2 aromatic heterocycles. The number of carbonyl (C=O) groups is 1. The molecule has 2 heterocycles. The number of hydrogen-bond donors (Lipinski definition) is 2. The number of para-hydroxylation sites is 2. The van der Waals surface area contributed by atoms with Crippen molar-refractivity contribution in [3.8, 4) is 0 Å². The largest absolute Gasteiger partial charge is 0.342 e. The van der Waals surface area contributed by atoms with Crippen molar-refractivity contribution in [3.05, 3.63) is 52.0 Å². The van der Waals surface area contributed by atoms with Gasteiger partial charge < -0.3 is 10.3 Å². The summed E-state index contributed by atoms with van der Waals surface area (Å²) < 4.78 is 0. The van der Waals surface area contributed by atoms with E-state index in [1.165, 1.54) is 11.3 Å². The summed E-state index contributed by atoms with van der Waals surface area (Å²) in [6, 6.07) is 11.5. The number of carbonyl (C=O) groups excluding carboxylic acids is 1. The highest BCUT2D eigenvalue weighted by Gasteiger charge is 2.15. The third-order valence-electron chi connectivity index (χ3n) is 3.13. The van der Waals surface area contributed by atoms with E-state index in [9.17, 15) is 4.79 Å². The van der Waals surface area contributed by atoms with E-state index in [2.05, 4.69) is 15.3 Å². The molecule has 1 aromatic carbocycles. The Hall–Kier alpha value is -2.14. The van der Waals surface area contributed by atoms with Gasteiger partial charge in [0.25, 0.3) is 5.91 Å². The molecule has 0 aliphatic rings. The van der Waals surface area contributed by atoms with Crippen LogP contribution in [0.1, 0.15) is 33.3 Å². The van der Waals surface area contributed by atoms with Gasteiger partial charge in [0.05, 0.1) is 22.0 Å². The standard InChI is InChI=1S/C15H15N3OS/c1-9-7-8-13(20-9)15(19)16-10(2)14-17-11-5-3-4-6-12(11)18-14/h3-8,10H,1-2H3,(H,16,19)(H,17,18). The number of benzene rings is 1. The lowest BCUT2D eigenvalue weighted by atomic mass is 10.3. The molecule has 5 heteroatoms. The number of aryl methyl sites for hydroxylation is 1. The molecule has 0 aliphatic carbocycles. The minimum atomic E-state index is -0.155. The van der Waals surface area contributed by atoms with Crippen molar-refractivity contribution in [2.24, 2.45) is 0 Å².